The molecule has 1 aromatic carbocycles. The molecule has 0 bridgehead atoms. The number of nitrogens with two attached hydrogens (primary N) is 1. The second-order valence-corrected chi connectivity index (χ2v) is 5.77. The fraction of sp³-hybridized carbons (Fsp3) is 0.333. The molecule has 0 spiro atoms. The summed E-state index contributed by atoms with van der Waals surface area (Å²) in [4.78, 5) is 8.93. The van der Waals surface area contributed by atoms with Gasteiger partial charge in [-0.25, -0.2) is 14.4 Å². The summed E-state index contributed by atoms with van der Waals surface area (Å²) >= 11 is 3.36. The van der Waals surface area contributed by atoms with Crippen molar-refractivity contribution < 1.29 is 4.39 Å². The fourth-order valence-electron chi connectivity index (χ4n) is 2.02. The number of hydrogen-bond acceptors (Lipinski definition) is 3. The van der Waals surface area contributed by atoms with Gasteiger partial charge in [-0.3, -0.25) is 0 Å². The number of benzene rings is 1. The van der Waals surface area contributed by atoms with E-state index in [0.717, 1.165) is 16.6 Å². The lowest BCUT2D eigenvalue weighted by atomic mass is 10.1. The Morgan fingerprint density at radius 2 is 2.05 bits per heavy atom. The third kappa shape index (κ3) is 3.41. The third-order valence-electron chi connectivity index (χ3n) is 3.12. The highest BCUT2D eigenvalue weighted by Gasteiger charge is 2.13. The second-order valence-electron chi connectivity index (χ2n) is 4.86. The van der Waals surface area contributed by atoms with Gasteiger partial charge >= 0.3 is 0 Å². The minimum Gasteiger partial charge on any atom is -0.330 e. The van der Waals surface area contributed by atoms with Crippen LogP contribution < -0.4 is 5.73 Å². The molecule has 1 aromatic heterocycles. The first kappa shape index (κ1) is 15.1. The molecule has 0 saturated heterocycles. The van der Waals surface area contributed by atoms with E-state index in [2.05, 4.69) is 25.9 Å². The van der Waals surface area contributed by atoms with Gasteiger partial charge in [0.25, 0.3) is 0 Å². The van der Waals surface area contributed by atoms with E-state index in [9.17, 15) is 4.39 Å². The van der Waals surface area contributed by atoms with E-state index in [1.807, 2.05) is 13.8 Å². The summed E-state index contributed by atoms with van der Waals surface area (Å²) in [5, 5.41) is 0. The molecule has 0 saturated carbocycles. The van der Waals surface area contributed by atoms with Crippen molar-refractivity contribution in [2.45, 2.75) is 26.2 Å². The van der Waals surface area contributed by atoms with E-state index < -0.39 is 0 Å². The first-order valence-electron chi connectivity index (χ1n) is 6.52. The normalized spacial score (nSPS) is 12.4. The largest absolute Gasteiger partial charge is 0.330 e. The molecule has 106 valence electrons. The predicted octanol–water partition coefficient (Wildman–Crippen LogP) is 3.81. The lowest BCUT2D eigenvalue weighted by Gasteiger charge is -2.12. The van der Waals surface area contributed by atoms with Crippen molar-refractivity contribution >= 4 is 15.9 Å². The Morgan fingerprint density at radius 3 is 2.75 bits per heavy atom. The van der Waals surface area contributed by atoms with Crippen LogP contribution in [0, 0.1) is 12.7 Å². The van der Waals surface area contributed by atoms with E-state index >= 15 is 0 Å². The number of nitrogens with zero attached hydrogens (tertiary/aromatic N) is 2. The molecule has 0 radical (unpaired) electrons. The quantitative estimate of drug-likeness (QED) is 0.922. The second kappa shape index (κ2) is 6.41. The first-order valence-corrected chi connectivity index (χ1v) is 7.31. The van der Waals surface area contributed by atoms with E-state index in [1.54, 1.807) is 18.2 Å². The molecule has 2 N–H and O–H groups in total. The van der Waals surface area contributed by atoms with Gasteiger partial charge < -0.3 is 5.73 Å². The van der Waals surface area contributed by atoms with Crippen molar-refractivity contribution in [2.75, 3.05) is 6.54 Å². The molecular formula is C15H17BrFN3. The van der Waals surface area contributed by atoms with Crippen LogP contribution in [0.4, 0.5) is 4.39 Å². The number of hydrogen-bond donors (Lipinski definition) is 1. The molecule has 1 unspecified atom stereocenters. The van der Waals surface area contributed by atoms with Gasteiger partial charge in [0.05, 0.1) is 5.69 Å². The molecule has 2 aromatic rings. The number of aryl methyl sites for hydroxylation is 1. The van der Waals surface area contributed by atoms with Crippen molar-refractivity contribution in [1.29, 1.82) is 0 Å². The monoisotopic (exact) mass is 337 g/mol. The summed E-state index contributed by atoms with van der Waals surface area (Å²) < 4.78 is 14.8. The van der Waals surface area contributed by atoms with Gasteiger partial charge in [-0.1, -0.05) is 22.9 Å². The van der Waals surface area contributed by atoms with E-state index in [0.29, 0.717) is 23.6 Å². The molecule has 3 nitrogen and oxygen atoms in total. The molecule has 5 heteroatoms. The van der Waals surface area contributed by atoms with Crippen molar-refractivity contribution in [2.24, 2.45) is 5.73 Å². The Morgan fingerprint density at radius 1 is 1.30 bits per heavy atom. The summed E-state index contributed by atoms with van der Waals surface area (Å²) in [5.74, 6) is 0.586. The highest BCUT2D eigenvalue weighted by atomic mass is 79.9. The average molecular weight is 338 g/mol. The van der Waals surface area contributed by atoms with Crippen LogP contribution in [0.15, 0.2) is 28.7 Å². The van der Waals surface area contributed by atoms with Crippen molar-refractivity contribution in [3.63, 3.8) is 0 Å². The smallest absolute Gasteiger partial charge is 0.132 e. The zero-order chi connectivity index (χ0) is 14.7. The number of aromatic nitrogens is 2. The van der Waals surface area contributed by atoms with Crippen LogP contribution in [0.2, 0.25) is 0 Å². The number of rotatable bonds is 4. The summed E-state index contributed by atoms with van der Waals surface area (Å²) in [5.41, 5.74) is 7.49. The minimum atomic E-state index is -0.288. The average Bonchev–Trinajstić information content (AvgIpc) is 2.41. The van der Waals surface area contributed by atoms with Crippen molar-refractivity contribution in [3.05, 3.63) is 46.1 Å². The maximum absolute atomic E-state index is 14.0. The molecule has 1 atom stereocenters. The molecule has 2 rings (SSSR count). The summed E-state index contributed by atoms with van der Waals surface area (Å²) in [6, 6.07) is 6.63. The van der Waals surface area contributed by atoms with Crippen LogP contribution >= 0.6 is 15.9 Å². The Hall–Kier alpha value is -1.33. The van der Waals surface area contributed by atoms with Crippen LogP contribution in [-0.2, 0) is 0 Å². The van der Waals surface area contributed by atoms with Crippen LogP contribution in [0.5, 0.6) is 0 Å². The van der Waals surface area contributed by atoms with Crippen molar-refractivity contribution in [3.8, 4) is 11.3 Å². The first-order chi connectivity index (χ1) is 9.51. The van der Waals surface area contributed by atoms with E-state index in [4.69, 9.17) is 5.73 Å². The number of halogens is 2. The Kier molecular flexibility index (Phi) is 4.83. The van der Waals surface area contributed by atoms with Gasteiger partial charge in [0, 0.05) is 21.6 Å². The Labute approximate surface area is 126 Å². The highest BCUT2D eigenvalue weighted by molar-refractivity contribution is 9.10. The van der Waals surface area contributed by atoms with E-state index in [-0.39, 0.29) is 11.7 Å². The highest BCUT2D eigenvalue weighted by Crippen LogP contribution is 2.26. The minimum absolute atomic E-state index is 0.161. The molecule has 20 heavy (non-hydrogen) atoms. The molecule has 0 fully saturated rings. The maximum atomic E-state index is 14.0. The lowest BCUT2D eigenvalue weighted by Crippen LogP contribution is -2.09. The molecule has 1 heterocycles. The molecule has 0 aliphatic heterocycles. The molecule has 0 aliphatic carbocycles. The zero-order valence-corrected chi connectivity index (χ0v) is 13.1. The Bertz CT molecular complexity index is 616. The molecule has 0 aliphatic rings. The predicted molar refractivity (Wildman–Crippen MR) is 81.9 cm³/mol. The van der Waals surface area contributed by atoms with Crippen LogP contribution in [0.25, 0.3) is 11.3 Å². The summed E-state index contributed by atoms with van der Waals surface area (Å²) in [7, 11) is 0. The van der Waals surface area contributed by atoms with Crippen LogP contribution in [-0.4, -0.2) is 16.5 Å². The zero-order valence-electron chi connectivity index (χ0n) is 11.5. The summed E-state index contributed by atoms with van der Waals surface area (Å²) in [6.45, 7) is 4.50. The van der Waals surface area contributed by atoms with Gasteiger partial charge in [-0.15, -0.1) is 0 Å². The van der Waals surface area contributed by atoms with Crippen LogP contribution in [0.3, 0.4) is 0 Å². The van der Waals surface area contributed by atoms with E-state index in [1.165, 1.54) is 6.07 Å². The Balaban J connectivity index is 2.49. The standard InChI is InChI=1S/C15H17BrFN3/c1-9(5-6-18)15-19-10(2)7-14(20-15)12-8-11(16)3-4-13(12)17/h3-4,7-9H,5-6,18H2,1-2H3. The van der Waals surface area contributed by atoms with Gasteiger partial charge in [-0.05, 0) is 44.2 Å². The van der Waals surface area contributed by atoms with Gasteiger partial charge in [0.15, 0.2) is 0 Å². The van der Waals surface area contributed by atoms with Crippen LogP contribution in [0.1, 0.15) is 30.8 Å². The molecular weight excluding hydrogens is 321 g/mol. The van der Waals surface area contributed by atoms with Gasteiger partial charge in [-0.2, -0.15) is 0 Å². The van der Waals surface area contributed by atoms with Crippen molar-refractivity contribution in [1.82, 2.24) is 9.97 Å². The fourth-order valence-corrected chi connectivity index (χ4v) is 2.38. The van der Waals surface area contributed by atoms with Gasteiger partial charge in [0.2, 0.25) is 0 Å². The summed E-state index contributed by atoms with van der Waals surface area (Å²) in [6.07, 6.45) is 0.809. The topological polar surface area (TPSA) is 51.8 Å². The SMILES string of the molecule is Cc1cc(-c2cc(Br)ccc2F)nc(C(C)CCN)n1. The van der Waals surface area contributed by atoms with Gasteiger partial charge in [0.1, 0.15) is 11.6 Å². The maximum Gasteiger partial charge on any atom is 0.132 e. The molecule has 0 amide bonds. The third-order valence-corrected chi connectivity index (χ3v) is 3.61. The lowest BCUT2D eigenvalue weighted by molar-refractivity contribution is 0.627.